The Morgan fingerprint density at radius 2 is 1.89 bits per heavy atom. The summed E-state index contributed by atoms with van der Waals surface area (Å²) in [4.78, 5) is 0. The van der Waals surface area contributed by atoms with Gasteiger partial charge in [-0.2, -0.15) is 22.3 Å². The normalized spacial score (nSPS) is 11.8. The van der Waals surface area contributed by atoms with Crippen LogP contribution in [0.5, 0.6) is 0 Å². The van der Waals surface area contributed by atoms with E-state index in [1.54, 1.807) is 0 Å². The van der Waals surface area contributed by atoms with Gasteiger partial charge in [0.15, 0.2) is 0 Å². The summed E-state index contributed by atoms with van der Waals surface area (Å²) in [6.07, 6.45) is 0.179. The highest BCUT2D eigenvalue weighted by Crippen LogP contribution is 2.19. The molecule has 5 nitrogen and oxygen atoms in total. The third-order valence-electron chi connectivity index (χ3n) is 2.68. The van der Waals surface area contributed by atoms with Gasteiger partial charge < -0.3 is 0 Å². The summed E-state index contributed by atoms with van der Waals surface area (Å²) in [5.74, 6) is 0. The molecule has 0 atom stereocenters. The first-order chi connectivity index (χ1) is 8.89. The molecule has 1 aromatic rings. The van der Waals surface area contributed by atoms with Crippen molar-refractivity contribution < 1.29 is 8.42 Å². The second kappa shape index (κ2) is 7.01. The molecule has 0 unspecified atom stereocenters. The number of halogens is 1. The molecule has 0 heterocycles. The molecule has 0 radical (unpaired) electrons. The van der Waals surface area contributed by atoms with Gasteiger partial charge in [-0.05, 0) is 11.6 Å². The van der Waals surface area contributed by atoms with Crippen molar-refractivity contribution in [2.75, 3.05) is 20.6 Å². The van der Waals surface area contributed by atoms with E-state index in [1.807, 2.05) is 30.3 Å². The maximum absolute atomic E-state index is 12.2. The van der Waals surface area contributed by atoms with Crippen LogP contribution in [-0.4, -0.2) is 37.7 Å². The summed E-state index contributed by atoms with van der Waals surface area (Å²) in [5.41, 5.74) is 0.891. The summed E-state index contributed by atoms with van der Waals surface area (Å²) < 4.78 is 27.7. The molecule has 0 aliphatic carbocycles. The van der Waals surface area contributed by atoms with Crippen LogP contribution >= 0.6 is 15.9 Å². The molecule has 0 aromatic heterocycles. The summed E-state index contributed by atoms with van der Waals surface area (Å²) >= 11 is 3.39. The van der Waals surface area contributed by atoms with Crippen LogP contribution in [0.1, 0.15) is 12.0 Å². The summed E-state index contributed by atoms with van der Waals surface area (Å²) in [7, 11) is -0.531. The van der Waals surface area contributed by atoms with E-state index in [2.05, 4.69) is 15.9 Å². The first kappa shape index (κ1) is 16.1. The zero-order valence-corrected chi connectivity index (χ0v) is 13.3. The minimum atomic E-state index is -3.53. The highest BCUT2D eigenvalue weighted by atomic mass is 79.9. The number of nitrogens with zero attached hydrogens (tertiary/aromatic N) is 3. The van der Waals surface area contributed by atoms with Gasteiger partial charge in [0, 0.05) is 38.1 Å². The number of benzene rings is 1. The quantitative estimate of drug-likeness (QED) is 0.791. The zero-order chi connectivity index (χ0) is 14.5. The molecule has 0 spiro atoms. The lowest BCUT2D eigenvalue weighted by Crippen LogP contribution is -2.39. The largest absolute Gasteiger partial charge is 0.281 e. The van der Waals surface area contributed by atoms with Crippen molar-refractivity contribution in [3.63, 3.8) is 0 Å². The molecule has 7 heteroatoms. The Hall–Kier alpha value is -0.940. The second-order valence-electron chi connectivity index (χ2n) is 4.08. The first-order valence-electron chi connectivity index (χ1n) is 5.67. The summed E-state index contributed by atoms with van der Waals surface area (Å²) in [6.45, 7) is 0.472. The van der Waals surface area contributed by atoms with Gasteiger partial charge in [-0.15, -0.1) is 0 Å². The zero-order valence-electron chi connectivity index (χ0n) is 10.9. The predicted molar refractivity (Wildman–Crippen MR) is 77.4 cm³/mol. The van der Waals surface area contributed by atoms with E-state index in [-0.39, 0.29) is 19.5 Å². The minimum absolute atomic E-state index is 0.179. The van der Waals surface area contributed by atoms with E-state index < -0.39 is 10.2 Å². The van der Waals surface area contributed by atoms with Crippen LogP contribution in [0, 0.1) is 11.3 Å². The second-order valence-corrected chi connectivity index (χ2v) is 7.08. The van der Waals surface area contributed by atoms with Crippen LogP contribution in [0.4, 0.5) is 0 Å². The Bertz CT molecular complexity index is 569. The van der Waals surface area contributed by atoms with Crippen molar-refractivity contribution in [2.24, 2.45) is 0 Å². The van der Waals surface area contributed by atoms with Crippen molar-refractivity contribution in [3.8, 4) is 6.07 Å². The Labute approximate surface area is 122 Å². The third-order valence-corrected chi connectivity index (χ3v) is 5.34. The molecule has 0 fully saturated rings. The van der Waals surface area contributed by atoms with Crippen LogP contribution in [0.25, 0.3) is 0 Å². The number of nitriles is 1. The van der Waals surface area contributed by atoms with Crippen LogP contribution < -0.4 is 0 Å². The van der Waals surface area contributed by atoms with Gasteiger partial charge in [-0.1, -0.05) is 34.1 Å². The molecule has 0 saturated carbocycles. The maximum atomic E-state index is 12.2. The van der Waals surface area contributed by atoms with E-state index in [1.165, 1.54) is 22.7 Å². The van der Waals surface area contributed by atoms with Gasteiger partial charge in [-0.25, -0.2) is 0 Å². The summed E-state index contributed by atoms with van der Waals surface area (Å²) in [5, 5.41) is 8.50. The Kier molecular flexibility index (Phi) is 5.94. The molecule has 0 N–H and O–H groups in total. The topological polar surface area (TPSA) is 64.4 Å². The van der Waals surface area contributed by atoms with Gasteiger partial charge in [0.05, 0.1) is 6.07 Å². The van der Waals surface area contributed by atoms with Gasteiger partial charge >= 0.3 is 0 Å². The summed E-state index contributed by atoms with van der Waals surface area (Å²) in [6, 6.07) is 9.41. The molecule has 104 valence electrons. The fourth-order valence-corrected chi connectivity index (χ4v) is 3.02. The molecule has 19 heavy (non-hydrogen) atoms. The highest BCUT2D eigenvalue weighted by molar-refractivity contribution is 9.10. The van der Waals surface area contributed by atoms with Crippen molar-refractivity contribution in [1.82, 2.24) is 8.61 Å². The highest BCUT2D eigenvalue weighted by Gasteiger charge is 2.23. The van der Waals surface area contributed by atoms with Crippen LogP contribution in [0.3, 0.4) is 0 Å². The SMILES string of the molecule is CN(CCC#N)S(=O)(=O)N(C)Cc1ccccc1Br. The van der Waals surface area contributed by atoms with Crippen molar-refractivity contribution in [1.29, 1.82) is 5.26 Å². The van der Waals surface area contributed by atoms with Crippen LogP contribution in [0.15, 0.2) is 28.7 Å². The molecular weight excluding hydrogens is 330 g/mol. The average molecular weight is 346 g/mol. The van der Waals surface area contributed by atoms with Gasteiger partial charge in [-0.3, -0.25) is 0 Å². The smallest absolute Gasteiger partial charge is 0.198 e. The van der Waals surface area contributed by atoms with E-state index in [4.69, 9.17) is 5.26 Å². The fraction of sp³-hybridized carbons (Fsp3) is 0.417. The molecule has 0 aliphatic rings. The number of hydrogen-bond donors (Lipinski definition) is 0. The maximum Gasteiger partial charge on any atom is 0.281 e. The van der Waals surface area contributed by atoms with Gasteiger partial charge in [0.25, 0.3) is 10.2 Å². The lowest BCUT2D eigenvalue weighted by molar-refractivity contribution is 0.392. The van der Waals surface area contributed by atoms with Crippen LogP contribution in [-0.2, 0) is 16.8 Å². The van der Waals surface area contributed by atoms with E-state index >= 15 is 0 Å². The van der Waals surface area contributed by atoms with Gasteiger partial charge in [0.2, 0.25) is 0 Å². The van der Waals surface area contributed by atoms with Crippen molar-refractivity contribution >= 4 is 26.1 Å². The average Bonchev–Trinajstić information content (AvgIpc) is 2.38. The number of hydrogen-bond acceptors (Lipinski definition) is 3. The standard InChI is InChI=1S/C12H16BrN3O2S/c1-15(9-5-8-14)19(17,18)16(2)10-11-6-3-4-7-12(11)13/h3-4,6-7H,5,9-10H2,1-2H3. The van der Waals surface area contributed by atoms with Crippen LogP contribution in [0.2, 0.25) is 0 Å². The lowest BCUT2D eigenvalue weighted by Gasteiger charge is -2.24. The van der Waals surface area contributed by atoms with E-state index in [0.717, 1.165) is 10.0 Å². The number of rotatable bonds is 6. The van der Waals surface area contributed by atoms with Crippen molar-refractivity contribution in [2.45, 2.75) is 13.0 Å². The third kappa shape index (κ3) is 4.28. The molecule has 0 bridgehead atoms. The predicted octanol–water partition coefficient (Wildman–Crippen LogP) is 1.97. The Balaban J connectivity index is 2.80. The minimum Gasteiger partial charge on any atom is -0.198 e. The molecule has 0 aliphatic heterocycles. The molecule has 1 aromatic carbocycles. The fourth-order valence-electron chi connectivity index (χ4n) is 1.51. The first-order valence-corrected chi connectivity index (χ1v) is 7.86. The van der Waals surface area contributed by atoms with E-state index in [0.29, 0.717) is 0 Å². The van der Waals surface area contributed by atoms with Gasteiger partial charge in [0.1, 0.15) is 0 Å². The Morgan fingerprint density at radius 1 is 1.26 bits per heavy atom. The van der Waals surface area contributed by atoms with E-state index in [9.17, 15) is 8.42 Å². The monoisotopic (exact) mass is 345 g/mol. The molecule has 0 saturated heterocycles. The van der Waals surface area contributed by atoms with Crippen molar-refractivity contribution in [3.05, 3.63) is 34.3 Å². The molecular formula is C12H16BrN3O2S. The molecule has 0 amide bonds. The lowest BCUT2D eigenvalue weighted by atomic mass is 10.2. The Morgan fingerprint density at radius 3 is 2.47 bits per heavy atom. The molecule has 1 rings (SSSR count).